The molecule has 0 fully saturated rings. The molecule has 0 aliphatic rings. The summed E-state index contributed by atoms with van der Waals surface area (Å²) in [5, 5.41) is 23.6. The smallest absolute Gasteiger partial charge is 0.251 e. The van der Waals surface area contributed by atoms with Gasteiger partial charge in [-0.1, -0.05) is 19.9 Å². The lowest BCUT2D eigenvalue weighted by Gasteiger charge is -2.15. The van der Waals surface area contributed by atoms with Crippen LogP contribution in [0, 0.1) is 0 Å². The maximum Gasteiger partial charge on any atom is 0.251 e. The number of rotatable bonds is 8. The number of nitrogens with one attached hydrogen (secondary N) is 2. The zero-order valence-electron chi connectivity index (χ0n) is 13.0. The Kier molecular flexibility index (Phi) is 7.56. The van der Waals surface area contributed by atoms with Gasteiger partial charge >= 0.3 is 0 Å². The fourth-order valence-corrected chi connectivity index (χ4v) is 1.89. The summed E-state index contributed by atoms with van der Waals surface area (Å²) in [6, 6.07) is 5.74. The third-order valence-electron chi connectivity index (χ3n) is 3.48. The van der Waals surface area contributed by atoms with Gasteiger partial charge in [-0.05, 0) is 31.0 Å². The van der Waals surface area contributed by atoms with E-state index in [0.29, 0.717) is 24.0 Å². The van der Waals surface area contributed by atoms with Gasteiger partial charge < -0.3 is 20.8 Å². The van der Waals surface area contributed by atoms with Crippen molar-refractivity contribution in [2.45, 2.75) is 38.8 Å². The molecule has 2 unspecified atom stereocenters. The highest BCUT2D eigenvalue weighted by molar-refractivity contribution is 5.99. The molecule has 0 bridgehead atoms. The molecule has 6 nitrogen and oxygen atoms in total. The molecule has 0 aliphatic heterocycles. The Balaban J connectivity index is 2.81. The van der Waals surface area contributed by atoms with Crippen LogP contribution in [0.1, 0.15) is 47.4 Å². The van der Waals surface area contributed by atoms with Gasteiger partial charge in [-0.25, -0.2) is 0 Å². The second-order valence-corrected chi connectivity index (χ2v) is 5.10. The molecule has 0 radical (unpaired) electrons. The van der Waals surface area contributed by atoms with Crippen molar-refractivity contribution in [2.24, 2.45) is 0 Å². The first-order chi connectivity index (χ1) is 10.5. The predicted molar refractivity (Wildman–Crippen MR) is 83.7 cm³/mol. The molecule has 1 aromatic rings. The van der Waals surface area contributed by atoms with Crippen molar-refractivity contribution >= 4 is 11.8 Å². The van der Waals surface area contributed by atoms with E-state index in [2.05, 4.69) is 10.6 Å². The van der Waals surface area contributed by atoms with E-state index < -0.39 is 0 Å². The molecule has 2 amide bonds. The van der Waals surface area contributed by atoms with Gasteiger partial charge in [0.05, 0.1) is 25.3 Å². The number of carbonyl (C=O) groups excluding carboxylic acids is 2. The molecule has 0 spiro atoms. The van der Waals surface area contributed by atoms with Crippen LogP contribution in [0.15, 0.2) is 24.3 Å². The van der Waals surface area contributed by atoms with Gasteiger partial charge in [-0.2, -0.15) is 0 Å². The van der Waals surface area contributed by atoms with E-state index in [9.17, 15) is 9.59 Å². The summed E-state index contributed by atoms with van der Waals surface area (Å²) in [7, 11) is 0. The minimum absolute atomic E-state index is 0.128. The van der Waals surface area contributed by atoms with Crippen LogP contribution in [0.5, 0.6) is 0 Å². The van der Waals surface area contributed by atoms with Gasteiger partial charge in [0.2, 0.25) is 0 Å². The second kappa shape index (κ2) is 9.17. The largest absolute Gasteiger partial charge is 0.394 e. The van der Waals surface area contributed by atoms with Gasteiger partial charge in [0.25, 0.3) is 11.8 Å². The van der Waals surface area contributed by atoms with E-state index in [1.165, 1.54) is 6.07 Å². The van der Waals surface area contributed by atoms with E-state index in [-0.39, 0.29) is 37.1 Å². The van der Waals surface area contributed by atoms with Crippen LogP contribution >= 0.6 is 0 Å². The Bertz CT molecular complexity index is 455. The number of hydrogen-bond donors (Lipinski definition) is 4. The molecule has 6 heteroatoms. The second-order valence-electron chi connectivity index (χ2n) is 5.10. The maximum atomic E-state index is 12.1. The molecule has 4 N–H and O–H groups in total. The summed E-state index contributed by atoms with van der Waals surface area (Å²) in [4.78, 5) is 24.2. The third-order valence-corrected chi connectivity index (χ3v) is 3.48. The summed E-state index contributed by atoms with van der Waals surface area (Å²) >= 11 is 0. The maximum absolute atomic E-state index is 12.1. The number of carbonyl (C=O) groups is 2. The van der Waals surface area contributed by atoms with Gasteiger partial charge in [-0.3, -0.25) is 9.59 Å². The highest BCUT2D eigenvalue weighted by Gasteiger charge is 2.15. The first kappa shape index (κ1) is 18.1. The lowest BCUT2D eigenvalue weighted by molar-refractivity contribution is 0.0914. The van der Waals surface area contributed by atoms with Gasteiger partial charge in [-0.15, -0.1) is 0 Å². The zero-order chi connectivity index (χ0) is 16.5. The molecular weight excluding hydrogens is 284 g/mol. The molecule has 0 aromatic heterocycles. The van der Waals surface area contributed by atoms with Crippen molar-refractivity contribution in [3.05, 3.63) is 35.4 Å². The lowest BCUT2D eigenvalue weighted by Crippen LogP contribution is -2.38. The number of aliphatic hydroxyl groups excluding tert-OH is 2. The number of aliphatic hydroxyl groups is 2. The minimum Gasteiger partial charge on any atom is -0.394 e. The summed E-state index contributed by atoms with van der Waals surface area (Å²) < 4.78 is 0. The highest BCUT2D eigenvalue weighted by Crippen LogP contribution is 2.07. The van der Waals surface area contributed by atoms with Gasteiger partial charge in [0.1, 0.15) is 0 Å². The van der Waals surface area contributed by atoms with Gasteiger partial charge in [0.15, 0.2) is 0 Å². The third kappa shape index (κ3) is 5.13. The Morgan fingerprint density at radius 2 is 1.36 bits per heavy atom. The normalized spacial score (nSPS) is 13.3. The van der Waals surface area contributed by atoms with E-state index in [0.717, 1.165) is 0 Å². The molecule has 1 rings (SSSR count). The predicted octanol–water partition coefficient (Wildman–Crippen LogP) is 0.688. The molecule has 1 aromatic carbocycles. The molecule has 22 heavy (non-hydrogen) atoms. The van der Waals surface area contributed by atoms with E-state index in [1.54, 1.807) is 18.2 Å². The van der Waals surface area contributed by atoms with Crippen LogP contribution in [0.25, 0.3) is 0 Å². The Labute approximate surface area is 130 Å². The van der Waals surface area contributed by atoms with Crippen LogP contribution in [-0.4, -0.2) is 47.3 Å². The fourth-order valence-electron chi connectivity index (χ4n) is 1.89. The quantitative estimate of drug-likeness (QED) is 0.568. The van der Waals surface area contributed by atoms with Crippen LogP contribution in [-0.2, 0) is 0 Å². The fraction of sp³-hybridized carbons (Fsp3) is 0.500. The zero-order valence-corrected chi connectivity index (χ0v) is 13.0. The van der Waals surface area contributed by atoms with Crippen LogP contribution < -0.4 is 10.6 Å². The lowest BCUT2D eigenvalue weighted by atomic mass is 10.1. The molecule has 122 valence electrons. The van der Waals surface area contributed by atoms with E-state index in [4.69, 9.17) is 10.2 Å². The summed E-state index contributed by atoms with van der Waals surface area (Å²) in [6.45, 7) is 3.48. The first-order valence-electron chi connectivity index (χ1n) is 7.49. The number of hydrogen-bond acceptors (Lipinski definition) is 4. The van der Waals surface area contributed by atoms with Crippen molar-refractivity contribution < 1.29 is 19.8 Å². The van der Waals surface area contributed by atoms with Crippen molar-refractivity contribution in [3.63, 3.8) is 0 Å². The SMILES string of the molecule is CCC(CO)NC(=O)c1cccc(C(=O)NC(CC)CO)c1. The van der Waals surface area contributed by atoms with E-state index in [1.807, 2.05) is 13.8 Å². The molecule has 0 heterocycles. The average Bonchev–Trinajstić information content (AvgIpc) is 2.57. The Morgan fingerprint density at radius 3 is 1.68 bits per heavy atom. The molecular formula is C16H24N2O4. The topological polar surface area (TPSA) is 98.7 Å². The number of benzene rings is 1. The van der Waals surface area contributed by atoms with Crippen molar-refractivity contribution in [1.29, 1.82) is 0 Å². The monoisotopic (exact) mass is 308 g/mol. The number of amides is 2. The first-order valence-corrected chi connectivity index (χ1v) is 7.49. The highest BCUT2D eigenvalue weighted by atomic mass is 16.3. The van der Waals surface area contributed by atoms with Crippen molar-refractivity contribution in [3.8, 4) is 0 Å². The summed E-state index contributed by atoms with van der Waals surface area (Å²) in [6.07, 6.45) is 1.24. The Morgan fingerprint density at radius 1 is 0.955 bits per heavy atom. The standard InChI is InChI=1S/C16H24N2O4/c1-3-13(9-19)17-15(21)11-6-5-7-12(8-11)16(22)18-14(4-2)10-20/h5-8,13-14,19-20H,3-4,9-10H2,1-2H3,(H,17,21)(H,18,22). The van der Waals surface area contributed by atoms with Gasteiger partial charge in [0, 0.05) is 11.1 Å². The van der Waals surface area contributed by atoms with Crippen LogP contribution in [0.2, 0.25) is 0 Å². The molecule has 0 saturated carbocycles. The average molecular weight is 308 g/mol. The van der Waals surface area contributed by atoms with Crippen LogP contribution in [0.4, 0.5) is 0 Å². The summed E-state index contributed by atoms with van der Waals surface area (Å²) in [5.74, 6) is -0.658. The molecule has 2 atom stereocenters. The van der Waals surface area contributed by atoms with Crippen molar-refractivity contribution in [1.82, 2.24) is 10.6 Å². The minimum atomic E-state index is -0.329. The Hall–Kier alpha value is -1.92. The molecule has 0 aliphatic carbocycles. The van der Waals surface area contributed by atoms with Crippen LogP contribution in [0.3, 0.4) is 0 Å². The summed E-state index contributed by atoms with van der Waals surface area (Å²) in [5.41, 5.74) is 0.716. The van der Waals surface area contributed by atoms with Crippen molar-refractivity contribution in [2.75, 3.05) is 13.2 Å². The molecule has 0 saturated heterocycles. The van der Waals surface area contributed by atoms with E-state index >= 15 is 0 Å².